The molecule has 0 aromatic carbocycles. The molecule has 134 valence electrons. The summed E-state index contributed by atoms with van der Waals surface area (Å²) in [5, 5.41) is 3.19. The van der Waals surface area contributed by atoms with Gasteiger partial charge in [-0.15, -0.1) is 5.06 Å². The van der Waals surface area contributed by atoms with E-state index in [-0.39, 0.29) is 31.7 Å². The molecular weight excluding hydrogens is 318 g/mol. The summed E-state index contributed by atoms with van der Waals surface area (Å²) in [4.78, 5) is 53.2. The van der Waals surface area contributed by atoms with E-state index in [9.17, 15) is 19.2 Å². The zero-order valence-electron chi connectivity index (χ0n) is 14.2. The van der Waals surface area contributed by atoms with Gasteiger partial charge in [-0.2, -0.15) is 0 Å². The highest BCUT2D eigenvalue weighted by Gasteiger charge is 2.32. The van der Waals surface area contributed by atoms with E-state index in [1.165, 1.54) is 6.42 Å². The number of amides is 3. The third-order valence-electron chi connectivity index (χ3n) is 4.55. The molecule has 2 atom stereocenters. The van der Waals surface area contributed by atoms with Crippen LogP contribution in [0.3, 0.4) is 0 Å². The molecule has 3 amide bonds. The van der Waals surface area contributed by atoms with Gasteiger partial charge in [-0.25, -0.2) is 4.79 Å². The molecule has 2 heterocycles. The summed E-state index contributed by atoms with van der Waals surface area (Å²) >= 11 is 0. The fourth-order valence-corrected chi connectivity index (χ4v) is 3.12. The lowest BCUT2D eigenvalue weighted by atomic mass is 10.0. The number of hydrogen-bond donors (Lipinski definition) is 1. The van der Waals surface area contributed by atoms with Gasteiger partial charge in [0.15, 0.2) is 0 Å². The van der Waals surface area contributed by atoms with Crippen LogP contribution in [0.2, 0.25) is 0 Å². The lowest BCUT2D eigenvalue weighted by molar-refractivity contribution is -0.197. The number of imide groups is 1. The van der Waals surface area contributed by atoms with Crippen molar-refractivity contribution in [3.63, 3.8) is 0 Å². The Hall–Kier alpha value is -1.96. The topological polar surface area (TPSA) is 96.0 Å². The summed E-state index contributed by atoms with van der Waals surface area (Å²) in [6.07, 6.45) is 3.39. The number of nitrogens with zero attached hydrogens (tertiary/aromatic N) is 2. The van der Waals surface area contributed by atoms with E-state index in [2.05, 4.69) is 24.1 Å². The maximum atomic E-state index is 12.0. The molecule has 0 saturated carbocycles. The number of piperidine rings is 1. The van der Waals surface area contributed by atoms with E-state index in [0.29, 0.717) is 23.7 Å². The standard InChI is InChI=1S/C16H25N3O5/c1-11-4-3-5-12(2)18(11)10-13(20)17-9-8-16(23)24-19-14(21)6-7-15(19)22/h11-12H,3-10H2,1-2H3,(H,17,20)/t11-,12+/i1+1,9+1,13+1,17+1/m0/s1. The van der Waals surface area contributed by atoms with Gasteiger partial charge in [-0.05, 0) is 26.7 Å². The van der Waals surface area contributed by atoms with Gasteiger partial charge in [-0.1, -0.05) is 6.42 Å². The van der Waals surface area contributed by atoms with Crippen molar-refractivity contribution >= 4 is 23.7 Å². The first-order valence-electron chi connectivity index (χ1n) is 8.47. The summed E-state index contributed by atoms with van der Waals surface area (Å²) in [7, 11) is 0. The minimum atomic E-state index is -0.710. The van der Waals surface area contributed by atoms with Crippen LogP contribution in [0.5, 0.6) is 0 Å². The SMILES string of the molecule is C[C@@H]1CCC[C@H]([13CH3])N1C[13C](=O)[15NH][13CH2]CC(=O)ON1C(=O)CCC1=O. The van der Waals surface area contributed by atoms with Crippen molar-refractivity contribution in [1.29, 1.82) is 0 Å². The fraction of sp³-hybridized carbons (Fsp3) is 0.750. The highest BCUT2D eigenvalue weighted by Crippen LogP contribution is 2.21. The van der Waals surface area contributed by atoms with Crippen LogP contribution in [0.1, 0.15) is 52.4 Å². The fourth-order valence-electron chi connectivity index (χ4n) is 3.12. The first-order chi connectivity index (χ1) is 11.4. The Morgan fingerprint density at radius 1 is 1.12 bits per heavy atom. The summed E-state index contributed by atoms with van der Waals surface area (Å²) < 4.78 is 0. The second-order valence-corrected chi connectivity index (χ2v) is 6.45. The molecule has 1 N–H and O–H groups in total. The van der Waals surface area contributed by atoms with Crippen LogP contribution < -0.4 is 5.32 Å². The number of hydroxylamine groups is 2. The van der Waals surface area contributed by atoms with E-state index < -0.39 is 17.8 Å². The summed E-state index contributed by atoms with van der Waals surface area (Å²) in [6.45, 7) is 4.65. The van der Waals surface area contributed by atoms with Crippen molar-refractivity contribution in [1.82, 2.24) is 15.3 Å². The highest BCUT2D eigenvalue weighted by atomic mass is 16.7. The van der Waals surface area contributed by atoms with Gasteiger partial charge >= 0.3 is 5.97 Å². The molecule has 0 unspecified atom stereocenters. The molecule has 0 spiro atoms. The maximum absolute atomic E-state index is 12.0. The molecule has 2 saturated heterocycles. The molecule has 2 aliphatic heterocycles. The normalized spacial score (nSPS) is 25.0. The molecule has 2 fully saturated rings. The summed E-state index contributed by atoms with van der Waals surface area (Å²) in [5.74, 6) is -1.87. The monoisotopic (exact) mass is 343 g/mol. The highest BCUT2D eigenvalue weighted by molar-refractivity contribution is 6.01. The minimum absolute atomic E-state index is 0.0645. The smallest absolute Gasteiger partial charge is 0.334 e. The molecule has 0 bridgehead atoms. The first-order valence-corrected chi connectivity index (χ1v) is 8.47. The number of carbonyl (C=O) groups is 4. The average Bonchev–Trinajstić information content (AvgIpc) is 2.83. The van der Waals surface area contributed by atoms with Crippen LogP contribution in [0.25, 0.3) is 0 Å². The Bertz CT molecular complexity index is 496. The van der Waals surface area contributed by atoms with Crippen molar-refractivity contribution in [3.8, 4) is 0 Å². The second-order valence-electron chi connectivity index (χ2n) is 6.45. The van der Waals surface area contributed by atoms with Crippen molar-refractivity contribution < 1.29 is 24.0 Å². The van der Waals surface area contributed by atoms with Gasteiger partial charge < -0.3 is 10.2 Å². The van der Waals surface area contributed by atoms with Crippen LogP contribution >= 0.6 is 0 Å². The van der Waals surface area contributed by atoms with E-state index in [0.717, 1.165) is 12.8 Å². The molecule has 0 aromatic rings. The number of carbonyl (C=O) groups excluding carboxylic acids is 4. The number of hydrogen-bond acceptors (Lipinski definition) is 6. The van der Waals surface area contributed by atoms with Crippen molar-refractivity contribution in [3.05, 3.63) is 0 Å². The zero-order valence-corrected chi connectivity index (χ0v) is 14.2. The summed E-state index contributed by atoms with van der Waals surface area (Å²) in [5.41, 5.74) is 0. The van der Waals surface area contributed by atoms with Gasteiger partial charge in [0.25, 0.3) is 11.8 Å². The molecule has 24 heavy (non-hydrogen) atoms. The molecular formula is C16H25N3O5. The molecule has 2 rings (SSSR count). The Labute approximate surface area is 141 Å². The van der Waals surface area contributed by atoms with Gasteiger partial charge in [0, 0.05) is 31.5 Å². The molecule has 0 aliphatic carbocycles. The molecule has 0 aromatic heterocycles. The van der Waals surface area contributed by atoms with Crippen LogP contribution in [0.4, 0.5) is 0 Å². The van der Waals surface area contributed by atoms with Gasteiger partial charge in [-0.3, -0.25) is 19.3 Å². The quantitative estimate of drug-likeness (QED) is 0.425. The van der Waals surface area contributed by atoms with Crippen molar-refractivity contribution in [2.75, 3.05) is 13.1 Å². The Morgan fingerprint density at radius 2 is 1.71 bits per heavy atom. The zero-order chi connectivity index (χ0) is 17.7. The number of nitrogens with one attached hydrogen (secondary N) is 1. The lowest BCUT2D eigenvalue weighted by Crippen LogP contribution is -2.48. The number of rotatable bonds is 6. The third kappa shape index (κ3) is 4.77. The largest absolute Gasteiger partial charge is 0.354 e. The Balaban J connectivity index is 1.67. The first kappa shape index (κ1) is 18.4. The van der Waals surface area contributed by atoms with Crippen LogP contribution in [-0.4, -0.2) is 58.8 Å². The Kier molecular flexibility index (Phi) is 6.30. The lowest BCUT2D eigenvalue weighted by Gasteiger charge is -2.38. The van der Waals surface area contributed by atoms with E-state index in [1.807, 2.05) is 0 Å². The van der Waals surface area contributed by atoms with Crippen LogP contribution in [0.15, 0.2) is 0 Å². The van der Waals surface area contributed by atoms with Crippen LogP contribution in [0, 0.1) is 0 Å². The number of likely N-dealkylation sites (tertiary alicyclic amines) is 1. The van der Waals surface area contributed by atoms with E-state index in [1.54, 1.807) is 0 Å². The molecule has 2 aliphatic rings. The van der Waals surface area contributed by atoms with Crippen LogP contribution in [-0.2, 0) is 24.0 Å². The predicted octanol–water partition coefficient (Wildman–Crippen LogP) is 0.363. The van der Waals surface area contributed by atoms with E-state index in [4.69, 9.17) is 4.84 Å². The predicted molar refractivity (Wildman–Crippen MR) is 84.3 cm³/mol. The van der Waals surface area contributed by atoms with Gasteiger partial charge in [0.2, 0.25) is 5.91 Å². The van der Waals surface area contributed by atoms with E-state index >= 15 is 0 Å². The molecule has 0 radical (unpaired) electrons. The Morgan fingerprint density at radius 3 is 2.29 bits per heavy atom. The second kappa shape index (κ2) is 8.23. The maximum Gasteiger partial charge on any atom is 0.334 e. The van der Waals surface area contributed by atoms with Gasteiger partial charge in [0.1, 0.15) is 0 Å². The molecule has 8 nitrogen and oxygen atoms in total. The van der Waals surface area contributed by atoms with Crippen molar-refractivity contribution in [2.24, 2.45) is 0 Å². The third-order valence-corrected chi connectivity index (χ3v) is 4.55. The molecule has 8 heteroatoms. The van der Waals surface area contributed by atoms with Crippen molar-refractivity contribution in [2.45, 2.75) is 64.5 Å². The average molecular weight is 343 g/mol. The minimum Gasteiger partial charge on any atom is -0.354 e. The van der Waals surface area contributed by atoms with Gasteiger partial charge in [0.05, 0.1) is 13.0 Å². The summed E-state index contributed by atoms with van der Waals surface area (Å²) in [6, 6.07) is 0.744.